The predicted octanol–water partition coefficient (Wildman–Crippen LogP) is 15.5. The molecule has 0 N–H and O–H groups in total. The quantitative estimate of drug-likeness (QED) is 0.163. The predicted molar refractivity (Wildman–Crippen MR) is 261 cm³/mol. The Morgan fingerprint density at radius 1 is 0.274 bits per heavy atom. The minimum Gasteiger partial charge on any atom is -0.309 e. The number of hydrogen-bond acceptors (Lipinski definition) is 4. The fourth-order valence-electron chi connectivity index (χ4n) is 9.50. The van der Waals surface area contributed by atoms with Gasteiger partial charge in [0.15, 0.2) is 17.5 Å². The molecule has 0 saturated heterocycles. The van der Waals surface area contributed by atoms with E-state index >= 15 is 0 Å². The van der Waals surface area contributed by atoms with E-state index in [-0.39, 0.29) is 0 Å². The number of para-hydroxylation sites is 1. The minimum absolute atomic E-state index is 0.640. The van der Waals surface area contributed by atoms with Crippen LogP contribution in [0.15, 0.2) is 206 Å². The Kier molecular flexibility index (Phi) is 7.74. The van der Waals surface area contributed by atoms with Crippen LogP contribution in [-0.2, 0) is 0 Å². The van der Waals surface area contributed by atoms with Gasteiger partial charge in [-0.2, -0.15) is 0 Å². The fourth-order valence-corrected chi connectivity index (χ4v) is 10.6. The molecule has 10 aromatic carbocycles. The van der Waals surface area contributed by atoms with Crippen molar-refractivity contribution >= 4 is 85.6 Å². The lowest BCUT2D eigenvalue weighted by atomic mass is 9.93. The standard InChI is InChI=1S/C57H34N4S/c1-3-13-35(14-4-1)55-58-56(36-15-5-2-6-16-36)60-57(59-55)39-23-27-43-41-17-7-8-18-42(41)44-28-26-40(34-48(44)47(43)33-39)61-51-21-11-9-19-45(51)49-31-37(24-29-52(49)61)38-25-30-54-50(32-38)46-20-10-12-22-53(46)62-54/h1-34H. The van der Waals surface area contributed by atoms with Crippen molar-refractivity contribution in [2.75, 3.05) is 0 Å². The third-order valence-corrected chi connectivity index (χ3v) is 13.6. The molecule has 0 fully saturated rings. The topological polar surface area (TPSA) is 43.6 Å². The van der Waals surface area contributed by atoms with Gasteiger partial charge < -0.3 is 4.57 Å². The maximum Gasteiger partial charge on any atom is 0.164 e. The SMILES string of the molecule is c1ccc(-c2nc(-c3ccccc3)nc(-c3ccc4c5ccccc5c5ccc(-n6c7ccccc7c7cc(-c8ccc9sc%10ccccc%10c9c8)ccc76)cc5c4c3)n2)cc1. The second-order valence-electron chi connectivity index (χ2n) is 16.0. The summed E-state index contributed by atoms with van der Waals surface area (Å²) in [5.74, 6) is 1.94. The zero-order valence-electron chi connectivity index (χ0n) is 33.3. The van der Waals surface area contributed by atoms with Crippen LogP contribution in [-0.4, -0.2) is 19.5 Å². The number of rotatable bonds is 5. The van der Waals surface area contributed by atoms with E-state index in [4.69, 9.17) is 15.0 Å². The number of thiophene rings is 1. The van der Waals surface area contributed by atoms with E-state index in [9.17, 15) is 0 Å². The summed E-state index contributed by atoms with van der Waals surface area (Å²) >= 11 is 1.86. The van der Waals surface area contributed by atoms with Crippen LogP contribution in [0.2, 0.25) is 0 Å². The monoisotopic (exact) mass is 806 g/mol. The maximum absolute atomic E-state index is 5.10. The average Bonchev–Trinajstić information content (AvgIpc) is 3.89. The van der Waals surface area contributed by atoms with Gasteiger partial charge >= 0.3 is 0 Å². The zero-order chi connectivity index (χ0) is 40.7. The van der Waals surface area contributed by atoms with E-state index in [1.165, 1.54) is 80.0 Å². The molecule has 3 heterocycles. The Bertz CT molecular complexity index is 3870. The van der Waals surface area contributed by atoms with Crippen LogP contribution in [0.4, 0.5) is 0 Å². The van der Waals surface area contributed by atoms with Crippen LogP contribution in [0.3, 0.4) is 0 Å². The minimum atomic E-state index is 0.640. The summed E-state index contributed by atoms with van der Waals surface area (Å²) < 4.78 is 5.07. The molecule has 0 aliphatic carbocycles. The van der Waals surface area contributed by atoms with Crippen LogP contribution >= 0.6 is 11.3 Å². The molecule has 0 atom stereocenters. The Morgan fingerprint density at radius 2 is 0.742 bits per heavy atom. The average molecular weight is 807 g/mol. The fraction of sp³-hybridized carbons (Fsp3) is 0. The Balaban J connectivity index is 1.01. The highest BCUT2D eigenvalue weighted by molar-refractivity contribution is 7.25. The highest BCUT2D eigenvalue weighted by Crippen LogP contribution is 2.42. The molecule has 0 unspecified atom stereocenters. The van der Waals surface area contributed by atoms with Gasteiger partial charge in [-0.05, 0) is 98.0 Å². The molecule has 0 aliphatic rings. The molecule has 0 bridgehead atoms. The maximum atomic E-state index is 5.10. The molecule has 0 aliphatic heterocycles. The van der Waals surface area contributed by atoms with E-state index in [0.29, 0.717) is 17.5 Å². The molecule has 13 aromatic rings. The Labute approximate surface area is 360 Å². The van der Waals surface area contributed by atoms with Crippen molar-refractivity contribution in [3.05, 3.63) is 206 Å². The van der Waals surface area contributed by atoms with Crippen LogP contribution in [0.5, 0.6) is 0 Å². The summed E-state index contributed by atoms with van der Waals surface area (Å²) in [5, 5.41) is 12.3. The number of hydrogen-bond donors (Lipinski definition) is 0. The molecule has 0 radical (unpaired) electrons. The number of nitrogens with zero attached hydrogens (tertiary/aromatic N) is 4. The van der Waals surface area contributed by atoms with Gasteiger partial charge in [-0.25, -0.2) is 15.0 Å². The third kappa shape index (κ3) is 5.49. The lowest BCUT2D eigenvalue weighted by Gasteiger charge is -2.15. The third-order valence-electron chi connectivity index (χ3n) is 12.4. The molecule has 0 amide bonds. The van der Waals surface area contributed by atoms with Crippen molar-refractivity contribution in [3.63, 3.8) is 0 Å². The van der Waals surface area contributed by atoms with Crippen LogP contribution in [0.25, 0.3) is 125 Å². The van der Waals surface area contributed by atoms with Crippen molar-refractivity contribution in [1.82, 2.24) is 19.5 Å². The summed E-state index contributed by atoms with van der Waals surface area (Å²) in [6, 6.07) is 74.1. The van der Waals surface area contributed by atoms with Gasteiger partial charge in [0, 0.05) is 53.3 Å². The number of fused-ring (bicyclic) bond motifs is 12. The van der Waals surface area contributed by atoms with E-state index in [2.05, 4.69) is 174 Å². The molecule has 5 heteroatoms. The second-order valence-corrected chi connectivity index (χ2v) is 17.1. The van der Waals surface area contributed by atoms with Gasteiger partial charge in [-0.3, -0.25) is 0 Å². The van der Waals surface area contributed by atoms with E-state index < -0.39 is 0 Å². The van der Waals surface area contributed by atoms with Crippen molar-refractivity contribution in [2.24, 2.45) is 0 Å². The van der Waals surface area contributed by atoms with Gasteiger partial charge in [-0.1, -0.05) is 152 Å². The van der Waals surface area contributed by atoms with Gasteiger partial charge in [0.1, 0.15) is 0 Å². The Hall–Kier alpha value is -7.99. The first-order chi connectivity index (χ1) is 30.7. The summed E-state index contributed by atoms with van der Waals surface area (Å²) in [6.07, 6.45) is 0. The van der Waals surface area contributed by atoms with Gasteiger partial charge in [0.05, 0.1) is 11.0 Å². The van der Waals surface area contributed by atoms with Crippen LogP contribution < -0.4 is 0 Å². The molecule has 3 aromatic heterocycles. The molecule has 13 rings (SSSR count). The molecular weight excluding hydrogens is 773 g/mol. The van der Waals surface area contributed by atoms with E-state index in [1.807, 2.05) is 47.7 Å². The Morgan fingerprint density at radius 3 is 1.45 bits per heavy atom. The van der Waals surface area contributed by atoms with Crippen LogP contribution in [0, 0.1) is 0 Å². The van der Waals surface area contributed by atoms with Crippen LogP contribution in [0.1, 0.15) is 0 Å². The number of aromatic nitrogens is 4. The van der Waals surface area contributed by atoms with E-state index in [0.717, 1.165) is 27.8 Å². The largest absolute Gasteiger partial charge is 0.309 e. The van der Waals surface area contributed by atoms with Crippen molar-refractivity contribution in [3.8, 4) is 51.0 Å². The first kappa shape index (κ1) is 34.8. The summed E-state index contributed by atoms with van der Waals surface area (Å²) in [4.78, 5) is 15.2. The molecular formula is C57H34N4S. The lowest BCUT2D eigenvalue weighted by Crippen LogP contribution is -2.00. The molecule has 4 nitrogen and oxygen atoms in total. The molecule has 0 spiro atoms. The smallest absolute Gasteiger partial charge is 0.164 e. The zero-order valence-corrected chi connectivity index (χ0v) is 34.1. The summed E-state index contributed by atoms with van der Waals surface area (Å²) in [5.41, 5.74) is 8.74. The number of benzene rings is 10. The molecule has 62 heavy (non-hydrogen) atoms. The molecule has 288 valence electrons. The van der Waals surface area contributed by atoms with Gasteiger partial charge in [0.25, 0.3) is 0 Å². The van der Waals surface area contributed by atoms with Crippen molar-refractivity contribution < 1.29 is 0 Å². The first-order valence-corrected chi connectivity index (χ1v) is 21.7. The summed E-state index contributed by atoms with van der Waals surface area (Å²) in [7, 11) is 0. The van der Waals surface area contributed by atoms with Gasteiger partial charge in [0.2, 0.25) is 0 Å². The van der Waals surface area contributed by atoms with Crippen molar-refractivity contribution in [1.29, 1.82) is 0 Å². The normalized spacial score (nSPS) is 11.9. The van der Waals surface area contributed by atoms with Gasteiger partial charge in [-0.15, -0.1) is 11.3 Å². The molecule has 0 saturated carbocycles. The summed E-state index contributed by atoms with van der Waals surface area (Å²) in [6.45, 7) is 0. The second kappa shape index (κ2) is 13.8. The highest BCUT2D eigenvalue weighted by Gasteiger charge is 2.18. The van der Waals surface area contributed by atoms with Crippen molar-refractivity contribution in [2.45, 2.75) is 0 Å². The highest BCUT2D eigenvalue weighted by atomic mass is 32.1. The first-order valence-electron chi connectivity index (χ1n) is 20.9. The van der Waals surface area contributed by atoms with E-state index in [1.54, 1.807) is 0 Å². The lowest BCUT2D eigenvalue weighted by molar-refractivity contribution is 1.07.